The van der Waals surface area contributed by atoms with Crippen molar-refractivity contribution in [2.45, 2.75) is 38.8 Å². The molecule has 0 aliphatic heterocycles. The van der Waals surface area contributed by atoms with E-state index in [9.17, 15) is 0 Å². The first-order valence-corrected chi connectivity index (χ1v) is 6.99. The van der Waals surface area contributed by atoms with Crippen molar-refractivity contribution in [1.29, 1.82) is 0 Å². The Hall–Kier alpha value is -1.67. The van der Waals surface area contributed by atoms with Crippen molar-refractivity contribution >= 4 is 0 Å². The smallest absolute Gasteiger partial charge is 0.0295 e. The van der Waals surface area contributed by atoms with Crippen molar-refractivity contribution in [2.75, 3.05) is 0 Å². The maximum Gasteiger partial charge on any atom is 0.0295 e. The lowest BCUT2D eigenvalue weighted by molar-refractivity contribution is 0.440. The third kappa shape index (κ3) is 4.18. The molecule has 0 aliphatic rings. The molecular formula is C17H22N2. The molecular weight excluding hydrogens is 232 g/mol. The first-order chi connectivity index (χ1) is 9.29. The van der Waals surface area contributed by atoms with Crippen LogP contribution in [0.25, 0.3) is 0 Å². The lowest BCUT2D eigenvalue weighted by atomic mass is 10.0. The van der Waals surface area contributed by atoms with E-state index in [1.165, 1.54) is 11.1 Å². The molecule has 2 rings (SSSR count). The Bertz CT molecular complexity index is 467. The van der Waals surface area contributed by atoms with Gasteiger partial charge in [-0.05, 0) is 43.0 Å². The molecule has 0 saturated carbocycles. The topological polar surface area (TPSA) is 24.9 Å². The van der Waals surface area contributed by atoms with E-state index >= 15 is 0 Å². The summed E-state index contributed by atoms with van der Waals surface area (Å²) in [5.74, 6) is 0. The monoisotopic (exact) mass is 254 g/mol. The van der Waals surface area contributed by atoms with Gasteiger partial charge in [-0.1, -0.05) is 37.3 Å². The van der Waals surface area contributed by atoms with Gasteiger partial charge in [-0.15, -0.1) is 0 Å². The zero-order valence-corrected chi connectivity index (χ0v) is 11.7. The minimum absolute atomic E-state index is 0.358. The molecule has 19 heavy (non-hydrogen) atoms. The molecule has 1 N–H and O–H groups in total. The van der Waals surface area contributed by atoms with Crippen LogP contribution in [0.15, 0.2) is 54.9 Å². The molecule has 2 aromatic rings. The number of hydrogen-bond acceptors (Lipinski definition) is 2. The highest BCUT2D eigenvalue weighted by atomic mass is 14.9. The van der Waals surface area contributed by atoms with Gasteiger partial charge in [0.05, 0.1) is 0 Å². The molecule has 0 spiro atoms. The van der Waals surface area contributed by atoms with Gasteiger partial charge in [-0.2, -0.15) is 0 Å². The van der Waals surface area contributed by atoms with Crippen LogP contribution in [0.5, 0.6) is 0 Å². The van der Waals surface area contributed by atoms with Gasteiger partial charge in [0, 0.05) is 24.5 Å². The van der Waals surface area contributed by atoms with Crippen LogP contribution in [-0.2, 0) is 6.42 Å². The number of rotatable bonds is 6. The van der Waals surface area contributed by atoms with E-state index in [0.717, 1.165) is 12.8 Å². The van der Waals surface area contributed by atoms with Crippen molar-refractivity contribution in [3.05, 3.63) is 66.0 Å². The van der Waals surface area contributed by atoms with E-state index in [1.807, 2.05) is 12.4 Å². The van der Waals surface area contributed by atoms with Crippen LogP contribution in [0.2, 0.25) is 0 Å². The minimum atomic E-state index is 0.358. The predicted octanol–water partition coefficient (Wildman–Crippen LogP) is 3.75. The average molecular weight is 254 g/mol. The maximum absolute atomic E-state index is 4.07. The van der Waals surface area contributed by atoms with Crippen molar-refractivity contribution in [3.63, 3.8) is 0 Å². The van der Waals surface area contributed by atoms with Gasteiger partial charge in [-0.25, -0.2) is 0 Å². The van der Waals surface area contributed by atoms with E-state index in [0.29, 0.717) is 12.1 Å². The summed E-state index contributed by atoms with van der Waals surface area (Å²) in [6, 6.07) is 15.7. The van der Waals surface area contributed by atoms with E-state index in [4.69, 9.17) is 0 Å². The van der Waals surface area contributed by atoms with Gasteiger partial charge >= 0.3 is 0 Å². The van der Waals surface area contributed by atoms with Crippen LogP contribution in [0.4, 0.5) is 0 Å². The van der Waals surface area contributed by atoms with Gasteiger partial charge < -0.3 is 5.32 Å². The van der Waals surface area contributed by atoms with Gasteiger partial charge in [0.1, 0.15) is 0 Å². The Morgan fingerprint density at radius 2 is 1.74 bits per heavy atom. The fraction of sp³-hybridized carbons (Fsp3) is 0.353. The van der Waals surface area contributed by atoms with Crippen LogP contribution in [0.1, 0.15) is 37.4 Å². The van der Waals surface area contributed by atoms with Crippen molar-refractivity contribution in [2.24, 2.45) is 0 Å². The lowest BCUT2D eigenvalue weighted by Crippen LogP contribution is -2.32. The second-order valence-corrected chi connectivity index (χ2v) is 4.96. The molecule has 2 atom stereocenters. The zero-order valence-electron chi connectivity index (χ0n) is 11.7. The fourth-order valence-corrected chi connectivity index (χ4v) is 2.32. The third-order valence-corrected chi connectivity index (χ3v) is 3.51. The highest BCUT2D eigenvalue weighted by Gasteiger charge is 2.12. The number of nitrogens with one attached hydrogen (secondary N) is 1. The quantitative estimate of drug-likeness (QED) is 0.849. The molecule has 0 saturated heterocycles. The number of nitrogens with zero attached hydrogens (tertiary/aromatic N) is 1. The van der Waals surface area contributed by atoms with Gasteiger partial charge in [-0.3, -0.25) is 4.98 Å². The summed E-state index contributed by atoms with van der Waals surface area (Å²) >= 11 is 0. The SMILES string of the molecule is CCC(Cc1ccccc1)N[C@@H](C)c1ccncc1. The summed E-state index contributed by atoms with van der Waals surface area (Å²) < 4.78 is 0. The van der Waals surface area contributed by atoms with Crippen molar-refractivity contribution in [1.82, 2.24) is 10.3 Å². The van der Waals surface area contributed by atoms with E-state index in [1.54, 1.807) is 0 Å². The lowest BCUT2D eigenvalue weighted by Gasteiger charge is -2.22. The summed E-state index contributed by atoms with van der Waals surface area (Å²) in [6.07, 6.45) is 5.91. The second kappa shape index (κ2) is 7.05. The number of hydrogen-bond donors (Lipinski definition) is 1. The number of pyridine rings is 1. The molecule has 0 amide bonds. The summed E-state index contributed by atoms with van der Waals surface area (Å²) in [5, 5.41) is 3.70. The molecule has 1 aromatic heterocycles. The van der Waals surface area contributed by atoms with Crippen molar-refractivity contribution in [3.8, 4) is 0 Å². The van der Waals surface area contributed by atoms with Crippen LogP contribution < -0.4 is 5.32 Å². The number of aromatic nitrogens is 1. The Labute approximate surface area is 115 Å². The Balaban J connectivity index is 1.96. The number of benzene rings is 1. The van der Waals surface area contributed by atoms with Crippen molar-refractivity contribution < 1.29 is 0 Å². The molecule has 0 fully saturated rings. The van der Waals surface area contributed by atoms with E-state index in [-0.39, 0.29) is 0 Å². The van der Waals surface area contributed by atoms with Crippen LogP contribution in [0, 0.1) is 0 Å². The summed E-state index contributed by atoms with van der Waals surface area (Å²) in [7, 11) is 0. The van der Waals surface area contributed by atoms with E-state index < -0.39 is 0 Å². The van der Waals surface area contributed by atoms with Crippen LogP contribution in [0.3, 0.4) is 0 Å². The fourth-order valence-electron chi connectivity index (χ4n) is 2.32. The molecule has 1 unspecified atom stereocenters. The highest BCUT2D eigenvalue weighted by molar-refractivity contribution is 5.17. The largest absolute Gasteiger partial charge is 0.307 e. The van der Waals surface area contributed by atoms with Gasteiger partial charge in [0.25, 0.3) is 0 Å². The van der Waals surface area contributed by atoms with Crippen LogP contribution in [-0.4, -0.2) is 11.0 Å². The Morgan fingerprint density at radius 3 is 2.37 bits per heavy atom. The molecule has 2 nitrogen and oxygen atoms in total. The first kappa shape index (κ1) is 13.8. The van der Waals surface area contributed by atoms with Gasteiger partial charge in [0.2, 0.25) is 0 Å². The van der Waals surface area contributed by atoms with Gasteiger partial charge in [0.15, 0.2) is 0 Å². The molecule has 0 radical (unpaired) electrons. The minimum Gasteiger partial charge on any atom is -0.307 e. The van der Waals surface area contributed by atoms with E-state index in [2.05, 4.69) is 66.6 Å². The Kier molecular flexibility index (Phi) is 5.10. The molecule has 100 valence electrons. The maximum atomic E-state index is 4.07. The molecule has 0 bridgehead atoms. The Morgan fingerprint density at radius 1 is 1.05 bits per heavy atom. The first-order valence-electron chi connectivity index (χ1n) is 6.99. The molecule has 1 heterocycles. The van der Waals surface area contributed by atoms with Crippen LogP contribution >= 0.6 is 0 Å². The molecule has 1 aromatic carbocycles. The zero-order chi connectivity index (χ0) is 13.5. The summed E-state index contributed by atoms with van der Waals surface area (Å²) in [6.45, 7) is 4.45. The predicted molar refractivity (Wildman–Crippen MR) is 80.0 cm³/mol. The average Bonchev–Trinajstić information content (AvgIpc) is 2.48. The standard InChI is InChI=1S/C17H22N2/c1-3-17(13-15-7-5-4-6-8-15)19-14(2)16-9-11-18-12-10-16/h4-12,14,17,19H,3,13H2,1-2H3/t14-,17?/m0/s1. The normalized spacial score (nSPS) is 14.0. The second-order valence-electron chi connectivity index (χ2n) is 4.96. The highest BCUT2D eigenvalue weighted by Crippen LogP contribution is 2.14. The summed E-state index contributed by atoms with van der Waals surface area (Å²) in [4.78, 5) is 4.07. The third-order valence-electron chi connectivity index (χ3n) is 3.51. The molecule has 2 heteroatoms. The summed E-state index contributed by atoms with van der Waals surface area (Å²) in [5.41, 5.74) is 2.69. The molecule has 0 aliphatic carbocycles.